The number of ketones is 1. The van der Waals surface area contributed by atoms with Crippen molar-refractivity contribution < 1.29 is 14.3 Å². The molecule has 0 bridgehead atoms. The summed E-state index contributed by atoms with van der Waals surface area (Å²) in [6.45, 7) is 6.19. The first-order chi connectivity index (χ1) is 12.5. The molecular weight excluding hydrogens is 368 g/mol. The Labute approximate surface area is 160 Å². The second-order valence-corrected chi connectivity index (χ2v) is 8.20. The maximum Gasteiger partial charge on any atom is 0.231 e. The highest BCUT2D eigenvalue weighted by Crippen LogP contribution is 2.35. The number of hydrogen-bond donors (Lipinski definition) is 0. The molecule has 1 aromatic carbocycles. The molecule has 3 heterocycles. The van der Waals surface area contributed by atoms with Crippen molar-refractivity contribution in [2.45, 2.75) is 25.1 Å². The van der Waals surface area contributed by atoms with Gasteiger partial charge in [-0.1, -0.05) is 11.8 Å². The number of ether oxygens (including phenoxy) is 2. The molecular formula is C19H18N2O3S2. The number of carbonyl (C=O) groups is 1. The summed E-state index contributed by atoms with van der Waals surface area (Å²) >= 11 is 3.07. The van der Waals surface area contributed by atoms with Gasteiger partial charge in [0.2, 0.25) is 6.79 Å². The number of benzene rings is 1. The van der Waals surface area contributed by atoms with Gasteiger partial charge in [0.25, 0.3) is 0 Å². The van der Waals surface area contributed by atoms with Gasteiger partial charge in [0, 0.05) is 39.8 Å². The molecule has 4 rings (SSSR count). The van der Waals surface area contributed by atoms with Crippen LogP contribution in [0.2, 0.25) is 0 Å². The summed E-state index contributed by atoms with van der Waals surface area (Å²) in [6, 6.07) is 7.78. The van der Waals surface area contributed by atoms with Crippen LogP contribution in [0.15, 0.2) is 34.0 Å². The molecule has 134 valence electrons. The number of fused-ring (bicyclic) bond motifs is 1. The Balaban J connectivity index is 1.59. The van der Waals surface area contributed by atoms with Crippen LogP contribution < -0.4 is 9.47 Å². The van der Waals surface area contributed by atoms with Gasteiger partial charge in [-0.05, 0) is 39.0 Å². The predicted molar refractivity (Wildman–Crippen MR) is 103 cm³/mol. The van der Waals surface area contributed by atoms with E-state index in [1.54, 1.807) is 11.3 Å². The van der Waals surface area contributed by atoms with Crippen molar-refractivity contribution in [2.24, 2.45) is 0 Å². The minimum atomic E-state index is 0.114. The van der Waals surface area contributed by atoms with Gasteiger partial charge in [-0.25, -0.2) is 4.98 Å². The molecule has 0 unspecified atom stereocenters. The van der Waals surface area contributed by atoms with Crippen molar-refractivity contribution in [1.29, 1.82) is 0 Å². The van der Waals surface area contributed by atoms with Crippen LogP contribution in [0.1, 0.15) is 27.4 Å². The Kier molecular flexibility index (Phi) is 4.50. The van der Waals surface area contributed by atoms with Gasteiger partial charge in [-0.2, -0.15) is 0 Å². The standard InChI is InChI=1S/C19H18N2O3S2/c1-11-8-25-19(20-11)26-9-16(22)15-6-12(2)21(13(15)3)14-4-5-17-18(7-14)24-10-23-17/h4-8H,9-10H2,1-3H3. The van der Waals surface area contributed by atoms with E-state index in [9.17, 15) is 4.79 Å². The molecule has 0 spiro atoms. The number of thioether (sulfide) groups is 1. The smallest absolute Gasteiger partial charge is 0.231 e. The van der Waals surface area contributed by atoms with Crippen LogP contribution in [-0.4, -0.2) is 27.9 Å². The third kappa shape index (κ3) is 3.12. The third-order valence-electron chi connectivity index (χ3n) is 4.27. The van der Waals surface area contributed by atoms with Gasteiger partial charge in [-0.15, -0.1) is 11.3 Å². The van der Waals surface area contributed by atoms with Crippen molar-refractivity contribution in [1.82, 2.24) is 9.55 Å². The van der Waals surface area contributed by atoms with Crippen molar-refractivity contribution in [3.8, 4) is 17.2 Å². The van der Waals surface area contributed by atoms with E-state index in [-0.39, 0.29) is 12.6 Å². The molecule has 3 aromatic rings. The van der Waals surface area contributed by atoms with Crippen molar-refractivity contribution in [3.05, 3.63) is 52.3 Å². The molecule has 0 saturated carbocycles. The second kappa shape index (κ2) is 6.81. The molecule has 0 atom stereocenters. The summed E-state index contributed by atoms with van der Waals surface area (Å²) in [5.74, 6) is 1.99. The molecule has 7 heteroatoms. The normalized spacial score (nSPS) is 12.6. The third-order valence-corrected chi connectivity index (χ3v) is 6.41. The first-order valence-corrected chi connectivity index (χ1v) is 10.1. The monoisotopic (exact) mass is 386 g/mol. The maximum atomic E-state index is 12.7. The van der Waals surface area contributed by atoms with E-state index in [0.29, 0.717) is 5.75 Å². The zero-order valence-corrected chi connectivity index (χ0v) is 16.4. The van der Waals surface area contributed by atoms with E-state index in [1.807, 2.05) is 50.4 Å². The molecule has 0 fully saturated rings. The van der Waals surface area contributed by atoms with E-state index in [4.69, 9.17) is 9.47 Å². The molecule has 0 N–H and O–H groups in total. The average Bonchev–Trinajstić information content (AvgIpc) is 3.31. The average molecular weight is 386 g/mol. The maximum absolute atomic E-state index is 12.7. The van der Waals surface area contributed by atoms with E-state index in [0.717, 1.165) is 44.2 Å². The van der Waals surface area contributed by atoms with E-state index >= 15 is 0 Å². The first kappa shape index (κ1) is 17.2. The molecule has 0 radical (unpaired) electrons. The summed E-state index contributed by atoms with van der Waals surface area (Å²) < 4.78 is 13.9. The lowest BCUT2D eigenvalue weighted by atomic mass is 10.2. The lowest BCUT2D eigenvalue weighted by Gasteiger charge is -2.10. The molecule has 0 saturated heterocycles. The van der Waals surface area contributed by atoms with Crippen LogP contribution in [0, 0.1) is 20.8 Å². The number of rotatable bonds is 5. The lowest BCUT2D eigenvalue weighted by Crippen LogP contribution is -2.05. The fraction of sp³-hybridized carbons (Fsp3) is 0.263. The summed E-state index contributed by atoms with van der Waals surface area (Å²) in [6.07, 6.45) is 0. The van der Waals surface area contributed by atoms with Crippen LogP contribution in [0.4, 0.5) is 0 Å². The van der Waals surface area contributed by atoms with Gasteiger partial charge < -0.3 is 14.0 Å². The molecule has 26 heavy (non-hydrogen) atoms. The Morgan fingerprint density at radius 2 is 2.04 bits per heavy atom. The number of aryl methyl sites for hydroxylation is 2. The Morgan fingerprint density at radius 3 is 2.81 bits per heavy atom. The highest BCUT2D eigenvalue weighted by molar-refractivity contribution is 8.01. The van der Waals surface area contributed by atoms with Crippen molar-refractivity contribution in [3.63, 3.8) is 0 Å². The molecule has 1 aliphatic rings. The number of aromatic nitrogens is 2. The van der Waals surface area contributed by atoms with Crippen molar-refractivity contribution in [2.75, 3.05) is 12.5 Å². The van der Waals surface area contributed by atoms with Crippen LogP contribution in [0.25, 0.3) is 5.69 Å². The van der Waals surface area contributed by atoms with Gasteiger partial charge >= 0.3 is 0 Å². The Hall–Kier alpha value is -2.25. The SMILES string of the molecule is Cc1csc(SCC(=O)c2cc(C)n(-c3ccc4c(c3)OCO4)c2C)n1. The minimum absolute atomic E-state index is 0.114. The van der Waals surface area contributed by atoms with Crippen molar-refractivity contribution >= 4 is 28.9 Å². The summed E-state index contributed by atoms with van der Waals surface area (Å²) in [5.41, 5.74) is 4.65. The van der Waals surface area contributed by atoms with Crippen LogP contribution in [0.3, 0.4) is 0 Å². The van der Waals surface area contributed by atoms with E-state index in [1.165, 1.54) is 11.8 Å². The minimum Gasteiger partial charge on any atom is -0.454 e. The van der Waals surface area contributed by atoms with Crippen LogP contribution in [0.5, 0.6) is 11.5 Å². The fourth-order valence-electron chi connectivity index (χ4n) is 3.07. The second-order valence-electron chi connectivity index (χ2n) is 6.12. The van der Waals surface area contributed by atoms with Gasteiger partial charge in [-0.3, -0.25) is 4.79 Å². The molecule has 0 amide bonds. The number of Topliss-reactive ketones (excluding diaryl/α,β-unsaturated/α-hetero) is 1. The number of carbonyl (C=O) groups excluding carboxylic acids is 1. The van der Waals surface area contributed by atoms with Crippen LogP contribution in [-0.2, 0) is 0 Å². The predicted octanol–water partition coefficient (Wildman–Crippen LogP) is 4.56. The lowest BCUT2D eigenvalue weighted by molar-refractivity contribution is 0.102. The summed E-state index contributed by atoms with van der Waals surface area (Å²) in [7, 11) is 0. The zero-order chi connectivity index (χ0) is 18.3. The number of thiazole rings is 1. The summed E-state index contributed by atoms with van der Waals surface area (Å²) in [5, 5.41) is 2.00. The van der Waals surface area contributed by atoms with Gasteiger partial charge in [0.1, 0.15) is 0 Å². The van der Waals surface area contributed by atoms with E-state index in [2.05, 4.69) is 9.55 Å². The molecule has 2 aromatic heterocycles. The molecule has 1 aliphatic heterocycles. The topological polar surface area (TPSA) is 53.4 Å². The quantitative estimate of drug-likeness (QED) is 0.475. The number of hydrogen-bond acceptors (Lipinski definition) is 6. The fourth-order valence-corrected chi connectivity index (χ4v) is 4.80. The Bertz CT molecular complexity index is 991. The highest BCUT2D eigenvalue weighted by atomic mass is 32.2. The largest absolute Gasteiger partial charge is 0.454 e. The zero-order valence-electron chi connectivity index (χ0n) is 14.7. The van der Waals surface area contributed by atoms with Crippen LogP contribution >= 0.6 is 23.1 Å². The highest BCUT2D eigenvalue weighted by Gasteiger charge is 2.19. The first-order valence-electron chi connectivity index (χ1n) is 8.20. The number of nitrogens with zero attached hydrogens (tertiary/aromatic N) is 2. The van der Waals surface area contributed by atoms with E-state index < -0.39 is 0 Å². The summed E-state index contributed by atoms with van der Waals surface area (Å²) in [4.78, 5) is 17.1. The Morgan fingerprint density at radius 1 is 1.23 bits per heavy atom. The molecule has 0 aliphatic carbocycles. The van der Waals surface area contributed by atoms with Gasteiger partial charge in [0.05, 0.1) is 5.75 Å². The molecule has 5 nitrogen and oxygen atoms in total. The van der Waals surface area contributed by atoms with Gasteiger partial charge in [0.15, 0.2) is 21.6 Å².